The minimum atomic E-state index is -4.39. The van der Waals surface area contributed by atoms with Gasteiger partial charge in [-0.3, -0.25) is 0 Å². The van der Waals surface area contributed by atoms with Gasteiger partial charge in [-0.05, 0) is 37.5 Å². The van der Waals surface area contributed by atoms with Crippen molar-refractivity contribution in [3.8, 4) is 0 Å². The van der Waals surface area contributed by atoms with Crippen LogP contribution in [0.15, 0.2) is 18.2 Å². The van der Waals surface area contributed by atoms with E-state index in [1.165, 1.54) is 12.1 Å². The molecule has 0 aliphatic heterocycles. The van der Waals surface area contributed by atoms with Gasteiger partial charge in [-0.2, -0.15) is 13.2 Å². The van der Waals surface area contributed by atoms with E-state index in [0.29, 0.717) is 5.92 Å². The summed E-state index contributed by atoms with van der Waals surface area (Å²) < 4.78 is 38.5. The third-order valence-corrected chi connectivity index (χ3v) is 2.58. The third-order valence-electron chi connectivity index (χ3n) is 2.58. The van der Waals surface area contributed by atoms with Crippen LogP contribution in [0.1, 0.15) is 32.8 Å². The maximum absolute atomic E-state index is 12.8. The van der Waals surface area contributed by atoms with Gasteiger partial charge < -0.3 is 11.1 Å². The van der Waals surface area contributed by atoms with Crippen LogP contribution in [0.5, 0.6) is 0 Å². The topological polar surface area (TPSA) is 38.0 Å². The smallest absolute Gasteiger partial charge is 0.399 e. The molecule has 0 radical (unpaired) electrons. The largest absolute Gasteiger partial charge is 0.418 e. The Morgan fingerprint density at radius 1 is 1.22 bits per heavy atom. The average Bonchev–Trinajstić information content (AvgIpc) is 2.17. The van der Waals surface area contributed by atoms with Gasteiger partial charge in [0.1, 0.15) is 0 Å². The Hall–Kier alpha value is -1.39. The first-order valence-corrected chi connectivity index (χ1v) is 5.93. The quantitative estimate of drug-likeness (QED) is 0.799. The molecular formula is C13H19F3N2. The first kappa shape index (κ1) is 14.7. The molecule has 0 aromatic heterocycles. The number of nitrogens with one attached hydrogen (secondary N) is 1. The highest BCUT2D eigenvalue weighted by Crippen LogP contribution is 2.36. The van der Waals surface area contributed by atoms with Gasteiger partial charge in [-0.1, -0.05) is 13.8 Å². The zero-order valence-corrected chi connectivity index (χ0v) is 10.8. The zero-order valence-electron chi connectivity index (χ0n) is 10.8. The van der Waals surface area contributed by atoms with E-state index in [4.69, 9.17) is 5.73 Å². The van der Waals surface area contributed by atoms with Crippen molar-refractivity contribution in [1.29, 1.82) is 0 Å². The van der Waals surface area contributed by atoms with Crippen LogP contribution in [-0.2, 0) is 6.18 Å². The van der Waals surface area contributed by atoms with E-state index in [1.54, 1.807) is 0 Å². The molecule has 1 aromatic rings. The number of anilines is 2. The molecule has 0 aliphatic carbocycles. The summed E-state index contributed by atoms with van der Waals surface area (Å²) in [7, 11) is 0. The van der Waals surface area contributed by atoms with Gasteiger partial charge in [-0.15, -0.1) is 0 Å². The molecule has 2 nitrogen and oxygen atoms in total. The molecule has 3 N–H and O–H groups in total. The van der Waals surface area contributed by atoms with Crippen molar-refractivity contribution >= 4 is 11.4 Å². The van der Waals surface area contributed by atoms with E-state index in [9.17, 15) is 13.2 Å². The van der Waals surface area contributed by atoms with Crippen LogP contribution in [0.2, 0.25) is 0 Å². The maximum Gasteiger partial charge on any atom is 0.418 e. The summed E-state index contributed by atoms with van der Waals surface area (Å²) in [5, 5.41) is 2.90. The first-order chi connectivity index (χ1) is 8.20. The van der Waals surface area contributed by atoms with E-state index in [-0.39, 0.29) is 17.4 Å². The van der Waals surface area contributed by atoms with Crippen molar-refractivity contribution < 1.29 is 13.2 Å². The van der Waals surface area contributed by atoms with Gasteiger partial charge in [0.2, 0.25) is 0 Å². The molecule has 0 saturated carbocycles. The minimum Gasteiger partial charge on any atom is -0.399 e. The number of alkyl halides is 3. The number of hydrogen-bond donors (Lipinski definition) is 2. The second-order valence-corrected chi connectivity index (χ2v) is 4.98. The van der Waals surface area contributed by atoms with Crippen molar-refractivity contribution in [3.63, 3.8) is 0 Å². The highest BCUT2D eigenvalue weighted by molar-refractivity contribution is 5.59. The molecule has 1 rings (SSSR count). The summed E-state index contributed by atoms with van der Waals surface area (Å²) >= 11 is 0. The predicted molar refractivity (Wildman–Crippen MR) is 68.4 cm³/mol. The van der Waals surface area contributed by atoms with Crippen molar-refractivity contribution in [2.75, 3.05) is 11.1 Å². The normalized spacial score (nSPS) is 13.7. The lowest BCUT2D eigenvalue weighted by Crippen LogP contribution is -2.20. The number of hydrogen-bond acceptors (Lipinski definition) is 2. The van der Waals surface area contributed by atoms with Crippen molar-refractivity contribution in [3.05, 3.63) is 23.8 Å². The van der Waals surface area contributed by atoms with Crippen LogP contribution < -0.4 is 11.1 Å². The minimum absolute atomic E-state index is 0.0188. The van der Waals surface area contributed by atoms with E-state index in [2.05, 4.69) is 5.32 Å². The summed E-state index contributed by atoms with van der Waals surface area (Å²) in [4.78, 5) is 0. The third kappa shape index (κ3) is 4.13. The molecule has 1 aromatic carbocycles. The molecule has 0 fully saturated rings. The van der Waals surface area contributed by atoms with E-state index < -0.39 is 11.7 Å². The zero-order chi connectivity index (χ0) is 13.9. The molecule has 1 unspecified atom stereocenters. The van der Waals surface area contributed by atoms with Crippen LogP contribution in [0.25, 0.3) is 0 Å². The fourth-order valence-corrected chi connectivity index (χ4v) is 1.95. The molecule has 1 atom stereocenters. The maximum atomic E-state index is 12.8. The van der Waals surface area contributed by atoms with E-state index >= 15 is 0 Å². The summed E-state index contributed by atoms with van der Waals surface area (Å²) in [5.74, 6) is 0.426. The lowest BCUT2D eigenvalue weighted by molar-refractivity contribution is -0.136. The second-order valence-electron chi connectivity index (χ2n) is 4.98. The van der Waals surface area contributed by atoms with Crippen molar-refractivity contribution in [2.24, 2.45) is 5.92 Å². The summed E-state index contributed by atoms with van der Waals surface area (Å²) in [5.41, 5.74) is 4.90. The molecule has 0 aliphatic rings. The average molecular weight is 260 g/mol. The van der Waals surface area contributed by atoms with Gasteiger partial charge in [0, 0.05) is 17.4 Å². The van der Waals surface area contributed by atoms with Crippen LogP contribution in [0.3, 0.4) is 0 Å². The number of halogens is 3. The van der Waals surface area contributed by atoms with Crippen LogP contribution in [-0.4, -0.2) is 6.04 Å². The number of nitrogens with two attached hydrogens (primary N) is 1. The molecule has 0 spiro atoms. The summed E-state index contributed by atoms with van der Waals surface area (Å²) in [6.07, 6.45) is -3.59. The Labute approximate surface area is 105 Å². The lowest BCUT2D eigenvalue weighted by atomic mass is 10.0. The predicted octanol–water partition coefficient (Wildman–Crippen LogP) is 4.13. The molecule has 0 saturated heterocycles. The monoisotopic (exact) mass is 260 g/mol. The Morgan fingerprint density at radius 3 is 2.33 bits per heavy atom. The van der Waals surface area contributed by atoms with Gasteiger partial charge in [-0.25, -0.2) is 0 Å². The molecule has 5 heteroatoms. The molecule has 18 heavy (non-hydrogen) atoms. The molecule has 0 amide bonds. The Morgan fingerprint density at radius 2 is 1.83 bits per heavy atom. The second kappa shape index (κ2) is 5.50. The Bertz CT molecular complexity index is 400. The van der Waals surface area contributed by atoms with Crippen LogP contribution >= 0.6 is 0 Å². The molecule has 0 bridgehead atoms. The fraction of sp³-hybridized carbons (Fsp3) is 0.538. The summed E-state index contributed by atoms with van der Waals surface area (Å²) in [6, 6.07) is 3.80. The molecule has 0 heterocycles. The highest BCUT2D eigenvalue weighted by atomic mass is 19.4. The van der Waals surface area contributed by atoms with Gasteiger partial charge in [0.15, 0.2) is 0 Å². The fourth-order valence-electron chi connectivity index (χ4n) is 1.95. The lowest BCUT2D eigenvalue weighted by Gasteiger charge is -2.21. The molecule has 102 valence electrons. The number of rotatable bonds is 4. The molecular weight excluding hydrogens is 241 g/mol. The highest BCUT2D eigenvalue weighted by Gasteiger charge is 2.34. The number of nitrogen functional groups attached to an aromatic ring is 1. The van der Waals surface area contributed by atoms with Gasteiger partial charge in [0.05, 0.1) is 5.56 Å². The van der Waals surface area contributed by atoms with Gasteiger partial charge >= 0.3 is 6.18 Å². The summed E-state index contributed by atoms with van der Waals surface area (Å²) in [6.45, 7) is 5.94. The van der Waals surface area contributed by atoms with E-state index in [1.807, 2.05) is 20.8 Å². The standard InChI is InChI=1S/C13H19F3N2/c1-8(2)6-9(3)18-12-5-4-10(17)7-11(12)13(14,15)16/h4-5,7-9,18H,6,17H2,1-3H3. The van der Waals surface area contributed by atoms with Crippen LogP contribution in [0.4, 0.5) is 24.5 Å². The van der Waals surface area contributed by atoms with Crippen LogP contribution in [0, 0.1) is 5.92 Å². The number of benzene rings is 1. The SMILES string of the molecule is CC(C)CC(C)Nc1ccc(N)cc1C(F)(F)F. The Balaban J connectivity index is 2.95. The van der Waals surface area contributed by atoms with Crippen molar-refractivity contribution in [2.45, 2.75) is 39.4 Å². The Kier molecular flexibility index (Phi) is 4.48. The first-order valence-electron chi connectivity index (χ1n) is 5.93. The van der Waals surface area contributed by atoms with Gasteiger partial charge in [0.25, 0.3) is 0 Å². The van der Waals surface area contributed by atoms with Crippen molar-refractivity contribution in [1.82, 2.24) is 0 Å². The van der Waals surface area contributed by atoms with E-state index in [0.717, 1.165) is 12.5 Å².